The van der Waals surface area contributed by atoms with Gasteiger partial charge in [0.05, 0.1) is 38.2 Å². The first-order chi connectivity index (χ1) is 33.4. The maximum absolute atomic E-state index is 12.7. The van der Waals surface area contributed by atoms with Crippen molar-refractivity contribution in [3.05, 3.63) is 42.7 Å². The van der Waals surface area contributed by atoms with Gasteiger partial charge < -0.3 is 76.5 Å². The molecule has 0 aromatic carbocycles. The van der Waals surface area contributed by atoms with E-state index in [1.807, 2.05) is 11.8 Å². The second-order valence-corrected chi connectivity index (χ2v) is 21.2. The summed E-state index contributed by atoms with van der Waals surface area (Å²) in [4.78, 5) is 83.3. The largest absolute Gasteiger partial charge is 0.756 e. The number of aliphatic hydroxyl groups excluding tert-OH is 4. The molecule has 13 unspecified atom stereocenters. The molecule has 13 atom stereocenters. The molecule has 7 heterocycles. The molecular formula is C39H57N11O17P2S. The van der Waals surface area contributed by atoms with Crippen LogP contribution in [0.15, 0.2) is 37.2 Å². The first-order valence-corrected chi connectivity index (χ1v) is 26.5. The second kappa shape index (κ2) is 23.8. The number of rotatable bonds is 26. The van der Waals surface area contributed by atoms with Gasteiger partial charge in [-0.3, -0.25) is 28.0 Å². The van der Waals surface area contributed by atoms with Gasteiger partial charge in [0.1, 0.15) is 42.4 Å². The monoisotopic (exact) mass is 1050 g/mol. The highest BCUT2D eigenvalue weighted by Gasteiger charge is 2.50. The highest BCUT2D eigenvalue weighted by atomic mass is 32.2. The Morgan fingerprint density at radius 2 is 1.64 bits per heavy atom. The topological polar surface area (TPSA) is 406 Å². The van der Waals surface area contributed by atoms with Crippen LogP contribution in [-0.2, 0) is 41.6 Å². The fourth-order valence-corrected chi connectivity index (χ4v) is 11.9. The number of fused-ring (bicyclic) bond motifs is 2. The Hall–Kier alpha value is -4.45. The van der Waals surface area contributed by atoms with E-state index >= 15 is 0 Å². The summed E-state index contributed by atoms with van der Waals surface area (Å²) < 4.78 is 52.5. The number of nitrogens with two attached hydrogens (primary N) is 1. The normalized spacial score (nSPS) is 28.9. The summed E-state index contributed by atoms with van der Waals surface area (Å²) in [6, 6.07) is 3.07. The molecule has 4 saturated heterocycles. The molecule has 3 aromatic rings. The summed E-state index contributed by atoms with van der Waals surface area (Å²) >= 11 is 1.86. The van der Waals surface area contributed by atoms with Crippen molar-refractivity contribution < 1.29 is 85.9 Å². The zero-order valence-corrected chi connectivity index (χ0v) is 40.1. The predicted molar refractivity (Wildman–Crippen MR) is 240 cm³/mol. The average molecular weight is 1050 g/mol. The van der Waals surface area contributed by atoms with Crippen molar-refractivity contribution in [1.29, 1.82) is 0 Å². The SMILES string of the molecule is NC(=O)c1ccc[n+](C2OC(COP(=O)([O-])OP(=O)(O)OCC3OC(n4cnc5c(NCC(=O)NCCCCCCNC(=O)CCCCC6SCC7NC(=O)NC76)ncnc54)C(O)C3O)C(O)C2O)c1. The van der Waals surface area contributed by atoms with Crippen LogP contribution in [0.25, 0.3) is 11.2 Å². The third-order valence-corrected chi connectivity index (χ3v) is 16.0. The molecule has 5 amide bonds. The Balaban J connectivity index is 0.775. The van der Waals surface area contributed by atoms with Crippen molar-refractivity contribution >= 4 is 68.1 Å². The summed E-state index contributed by atoms with van der Waals surface area (Å²) in [6.07, 6.45) is -1.09. The van der Waals surface area contributed by atoms with Gasteiger partial charge in [-0.15, -0.1) is 0 Å². The fourth-order valence-electron chi connectivity index (χ4n) is 8.33. The van der Waals surface area contributed by atoms with E-state index in [0.717, 1.165) is 57.0 Å². The number of unbranched alkanes of at least 4 members (excludes halogenated alkanes) is 4. The van der Waals surface area contributed by atoms with Crippen LogP contribution in [0.3, 0.4) is 0 Å². The highest BCUT2D eigenvalue weighted by molar-refractivity contribution is 8.00. The Kier molecular flexibility index (Phi) is 18.2. The van der Waals surface area contributed by atoms with Gasteiger partial charge in [0.25, 0.3) is 20.0 Å². The third-order valence-electron chi connectivity index (χ3n) is 12.0. The number of anilines is 1. The number of phosphoric acid groups is 2. The number of imidazole rings is 1. The zero-order valence-electron chi connectivity index (χ0n) is 37.5. The van der Waals surface area contributed by atoms with Gasteiger partial charge >= 0.3 is 13.9 Å². The van der Waals surface area contributed by atoms with Crippen molar-refractivity contribution in [1.82, 2.24) is 40.8 Å². The first kappa shape index (κ1) is 53.4. The number of pyridine rings is 1. The van der Waals surface area contributed by atoms with E-state index in [9.17, 15) is 58.5 Å². The van der Waals surface area contributed by atoms with E-state index in [-0.39, 0.29) is 59.0 Å². The number of hydrogen-bond donors (Lipinski definition) is 11. The number of ether oxygens (including phenoxy) is 2. The number of carbonyl (C=O) groups excluding carboxylic acids is 4. The van der Waals surface area contributed by atoms with Gasteiger partial charge in [-0.25, -0.2) is 28.6 Å². The number of primary amides is 1. The molecule has 4 fully saturated rings. The van der Waals surface area contributed by atoms with E-state index in [4.69, 9.17) is 19.7 Å². The Morgan fingerprint density at radius 1 is 0.929 bits per heavy atom. The third kappa shape index (κ3) is 13.7. The molecule has 70 heavy (non-hydrogen) atoms. The smallest absolute Gasteiger partial charge is 0.478 e. The standard InChI is InChI=1S/C39H57N11O17P2S/c40-34(57)21-8-7-13-49(15-21)37-32(55)30(53)23(65-37)16-63-68(59,60)67-69(61,62)64-17-24-31(54)33(56)38(66-24)50-20-46-29-35(44-19-45-36(29)50)43-14-27(52)42-12-6-2-1-5-11-41-26(51)10-4-3-9-25-28-22(18-70-25)47-39(58)48-28/h7-8,13,15,19-20,22-25,28,30-33,37-38,53-56H,1-6,9-12,14,16-18H2,(H8-,40,41,42,43,44,45,47,48,51,52,57,58,59,60,61,62). The summed E-state index contributed by atoms with van der Waals surface area (Å²) in [7, 11) is -11.2. The lowest BCUT2D eigenvalue weighted by atomic mass is 10.0. The molecule has 0 bridgehead atoms. The molecular weight excluding hydrogens is 989 g/mol. The van der Waals surface area contributed by atoms with Crippen molar-refractivity contribution in [2.24, 2.45) is 5.73 Å². The van der Waals surface area contributed by atoms with Gasteiger partial charge in [-0.1, -0.05) is 19.3 Å². The minimum Gasteiger partial charge on any atom is -0.756 e. The van der Waals surface area contributed by atoms with Crippen LogP contribution in [0.5, 0.6) is 0 Å². The summed E-state index contributed by atoms with van der Waals surface area (Å²) in [6.45, 7) is -1.13. The van der Waals surface area contributed by atoms with Crippen LogP contribution in [-0.4, -0.2) is 161 Å². The number of carbonyl (C=O) groups is 4. The van der Waals surface area contributed by atoms with Crippen molar-refractivity contribution in [3.8, 4) is 0 Å². The van der Waals surface area contributed by atoms with Crippen LogP contribution in [0, 0.1) is 0 Å². The Morgan fingerprint density at radius 3 is 2.40 bits per heavy atom. The first-order valence-electron chi connectivity index (χ1n) is 22.5. The maximum atomic E-state index is 12.7. The predicted octanol–water partition coefficient (Wildman–Crippen LogP) is -2.30. The molecule has 3 aromatic heterocycles. The molecule has 0 saturated carbocycles. The molecule has 4 aliphatic rings. The lowest BCUT2D eigenvalue weighted by molar-refractivity contribution is -0.765. The molecule has 0 spiro atoms. The van der Waals surface area contributed by atoms with E-state index in [1.165, 1.54) is 40.0 Å². The van der Waals surface area contributed by atoms with Crippen LogP contribution >= 0.6 is 27.4 Å². The fraction of sp³-hybridized carbons (Fsp3) is 0.641. The van der Waals surface area contributed by atoms with Gasteiger partial charge in [-0.2, -0.15) is 16.3 Å². The number of aliphatic hydroxyl groups is 4. The lowest BCUT2D eigenvalue weighted by Crippen LogP contribution is -2.46. The highest BCUT2D eigenvalue weighted by Crippen LogP contribution is 2.58. The van der Waals surface area contributed by atoms with E-state index in [0.29, 0.717) is 24.8 Å². The van der Waals surface area contributed by atoms with Gasteiger partial charge in [-0.05, 0) is 31.7 Å². The van der Waals surface area contributed by atoms with E-state index in [1.54, 1.807) is 0 Å². The number of aromatic nitrogens is 5. The van der Waals surface area contributed by atoms with Gasteiger partial charge in [0, 0.05) is 36.6 Å². The van der Waals surface area contributed by atoms with Crippen molar-refractivity contribution in [3.63, 3.8) is 0 Å². The van der Waals surface area contributed by atoms with E-state index < -0.39 is 83.8 Å². The summed E-state index contributed by atoms with van der Waals surface area (Å²) in [5, 5.41) is 57.5. The number of amides is 5. The number of urea groups is 1. The quantitative estimate of drug-likeness (QED) is 0.0174. The number of nitrogens with zero attached hydrogens (tertiary/aromatic N) is 5. The average Bonchev–Trinajstić information content (AvgIpc) is 4.13. The van der Waals surface area contributed by atoms with Crippen molar-refractivity contribution in [2.75, 3.05) is 43.9 Å². The number of hydrogen-bond acceptors (Lipinski definition) is 21. The zero-order chi connectivity index (χ0) is 50.2. The van der Waals surface area contributed by atoms with E-state index in [2.05, 4.69) is 50.4 Å². The van der Waals surface area contributed by atoms with Crippen LogP contribution < -0.4 is 41.8 Å². The summed E-state index contributed by atoms with van der Waals surface area (Å²) in [5.41, 5.74) is 5.60. The molecule has 4 aliphatic heterocycles. The molecule has 12 N–H and O–H groups in total. The summed E-state index contributed by atoms with van der Waals surface area (Å²) in [5.74, 6) is -0.000895. The molecule has 31 heteroatoms. The van der Waals surface area contributed by atoms with Gasteiger partial charge in [0.2, 0.25) is 11.8 Å². The van der Waals surface area contributed by atoms with Crippen LogP contribution in [0.2, 0.25) is 0 Å². The second-order valence-electron chi connectivity index (χ2n) is 17.0. The Labute approximate surface area is 404 Å². The number of thioether (sulfide) groups is 1. The molecule has 386 valence electrons. The number of phosphoric ester groups is 2. The van der Waals surface area contributed by atoms with Gasteiger partial charge in [0.15, 0.2) is 41.7 Å². The molecule has 7 rings (SSSR count). The van der Waals surface area contributed by atoms with Crippen LogP contribution in [0.4, 0.5) is 10.6 Å². The Bertz CT molecular complexity index is 2430. The molecule has 0 aliphatic carbocycles. The minimum atomic E-state index is -5.69. The molecule has 0 radical (unpaired) electrons. The minimum absolute atomic E-state index is 0.0262. The maximum Gasteiger partial charge on any atom is 0.478 e. The number of nitrogens with one attached hydrogen (secondary N) is 5. The van der Waals surface area contributed by atoms with Crippen molar-refractivity contribution in [2.45, 2.75) is 118 Å². The van der Waals surface area contributed by atoms with Crippen LogP contribution in [0.1, 0.15) is 74.2 Å². The lowest BCUT2D eigenvalue weighted by Gasteiger charge is -2.26. The molecule has 28 nitrogen and oxygen atoms in total.